The van der Waals surface area contributed by atoms with Gasteiger partial charge in [-0.15, -0.1) is 0 Å². The Bertz CT molecular complexity index is 608. The topological polar surface area (TPSA) is 68.0 Å². The summed E-state index contributed by atoms with van der Waals surface area (Å²) in [7, 11) is 0. The van der Waals surface area contributed by atoms with E-state index in [0.717, 1.165) is 22.6 Å². The maximum Gasteiger partial charge on any atom is 0.257 e. The van der Waals surface area contributed by atoms with Crippen molar-refractivity contribution in [1.82, 2.24) is 4.98 Å². The molecular weight excluding hydrogens is 238 g/mol. The molecule has 3 N–H and O–H groups in total. The summed E-state index contributed by atoms with van der Waals surface area (Å²) in [6.45, 7) is 4.19. The van der Waals surface area contributed by atoms with Crippen LogP contribution in [0.25, 0.3) is 0 Å². The van der Waals surface area contributed by atoms with Gasteiger partial charge in [-0.2, -0.15) is 0 Å². The van der Waals surface area contributed by atoms with Gasteiger partial charge < -0.3 is 11.1 Å². The summed E-state index contributed by atoms with van der Waals surface area (Å²) in [4.78, 5) is 16.5. The number of carbonyl (C=O) groups excluding carboxylic acids is 1. The Morgan fingerprint density at radius 3 is 2.74 bits per heavy atom. The molecule has 0 aliphatic carbocycles. The lowest BCUT2D eigenvalue weighted by molar-refractivity contribution is 0.102. The number of nitrogens with one attached hydrogen (secondary N) is 1. The number of carbonyl (C=O) groups is 1. The van der Waals surface area contributed by atoms with Crippen LogP contribution in [-0.4, -0.2) is 10.9 Å². The van der Waals surface area contributed by atoms with Crippen LogP contribution in [0.5, 0.6) is 0 Å². The molecule has 1 aromatic carbocycles. The Balaban J connectivity index is 2.20. The van der Waals surface area contributed by atoms with E-state index in [4.69, 9.17) is 5.73 Å². The van der Waals surface area contributed by atoms with Gasteiger partial charge in [-0.1, -0.05) is 12.1 Å². The number of amides is 1. The van der Waals surface area contributed by atoms with Crippen molar-refractivity contribution in [1.29, 1.82) is 0 Å². The average Bonchev–Trinajstić information content (AvgIpc) is 2.38. The fraction of sp³-hybridized carbons (Fsp3) is 0.200. The highest BCUT2D eigenvalue weighted by atomic mass is 16.1. The molecule has 2 aromatic rings. The number of rotatable bonds is 3. The first-order chi connectivity index (χ1) is 9.10. The van der Waals surface area contributed by atoms with Crippen LogP contribution in [0.4, 0.5) is 5.69 Å². The van der Waals surface area contributed by atoms with E-state index < -0.39 is 0 Å². The minimum atomic E-state index is -0.154. The highest BCUT2D eigenvalue weighted by Crippen LogP contribution is 2.13. The zero-order valence-corrected chi connectivity index (χ0v) is 11.1. The summed E-state index contributed by atoms with van der Waals surface area (Å²) in [5.41, 5.74) is 9.52. The van der Waals surface area contributed by atoms with E-state index in [-0.39, 0.29) is 5.91 Å². The van der Waals surface area contributed by atoms with Crippen molar-refractivity contribution in [3.05, 3.63) is 58.9 Å². The minimum absolute atomic E-state index is 0.154. The summed E-state index contributed by atoms with van der Waals surface area (Å²) in [6, 6.07) is 11.1. The van der Waals surface area contributed by atoms with Gasteiger partial charge in [-0.3, -0.25) is 9.78 Å². The molecule has 0 atom stereocenters. The maximum atomic E-state index is 12.2. The van der Waals surface area contributed by atoms with E-state index in [1.54, 1.807) is 6.07 Å². The van der Waals surface area contributed by atoms with Crippen molar-refractivity contribution in [3.63, 3.8) is 0 Å². The number of anilines is 1. The number of pyridine rings is 1. The van der Waals surface area contributed by atoms with Crippen molar-refractivity contribution in [2.75, 3.05) is 5.32 Å². The molecule has 0 saturated heterocycles. The van der Waals surface area contributed by atoms with Crippen LogP contribution in [0.15, 0.2) is 36.4 Å². The molecule has 0 saturated carbocycles. The quantitative estimate of drug-likeness (QED) is 0.885. The predicted molar refractivity (Wildman–Crippen MR) is 76.0 cm³/mol. The number of hydrogen-bond acceptors (Lipinski definition) is 3. The average molecular weight is 255 g/mol. The Morgan fingerprint density at radius 2 is 2.05 bits per heavy atom. The second-order valence-corrected chi connectivity index (χ2v) is 4.44. The van der Waals surface area contributed by atoms with Crippen LogP contribution >= 0.6 is 0 Å². The normalized spacial score (nSPS) is 10.3. The Morgan fingerprint density at radius 1 is 1.26 bits per heavy atom. The van der Waals surface area contributed by atoms with Gasteiger partial charge in [0.25, 0.3) is 5.91 Å². The molecule has 0 radical (unpaired) electrons. The molecule has 98 valence electrons. The third-order valence-electron chi connectivity index (χ3n) is 2.89. The lowest BCUT2D eigenvalue weighted by Crippen LogP contribution is -2.14. The fourth-order valence-electron chi connectivity index (χ4n) is 1.90. The third kappa shape index (κ3) is 3.17. The molecule has 0 spiro atoms. The molecule has 1 aromatic heterocycles. The molecule has 0 unspecified atom stereocenters. The van der Waals surface area contributed by atoms with Crippen molar-refractivity contribution in [2.24, 2.45) is 5.73 Å². The summed E-state index contributed by atoms with van der Waals surface area (Å²) in [5.74, 6) is -0.154. The van der Waals surface area contributed by atoms with E-state index in [9.17, 15) is 4.79 Å². The van der Waals surface area contributed by atoms with Crippen LogP contribution in [0.2, 0.25) is 0 Å². The molecule has 0 fully saturated rings. The largest absolute Gasteiger partial charge is 0.326 e. The third-order valence-corrected chi connectivity index (χ3v) is 2.89. The lowest BCUT2D eigenvalue weighted by Gasteiger charge is -2.08. The fourth-order valence-corrected chi connectivity index (χ4v) is 1.90. The number of benzene rings is 1. The molecule has 0 aliphatic heterocycles. The number of aromatic nitrogens is 1. The maximum absolute atomic E-state index is 12.2. The number of nitrogens with two attached hydrogens (primary N) is 1. The molecule has 19 heavy (non-hydrogen) atoms. The van der Waals surface area contributed by atoms with Gasteiger partial charge in [-0.25, -0.2) is 0 Å². The monoisotopic (exact) mass is 255 g/mol. The lowest BCUT2D eigenvalue weighted by atomic mass is 10.1. The zero-order chi connectivity index (χ0) is 13.8. The first-order valence-electron chi connectivity index (χ1n) is 6.15. The Labute approximate surface area is 112 Å². The second kappa shape index (κ2) is 5.63. The van der Waals surface area contributed by atoms with E-state index in [2.05, 4.69) is 10.3 Å². The molecular formula is C15H17N3O. The first-order valence-corrected chi connectivity index (χ1v) is 6.15. The smallest absolute Gasteiger partial charge is 0.257 e. The van der Waals surface area contributed by atoms with Crippen molar-refractivity contribution in [2.45, 2.75) is 20.4 Å². The standard InChI is InChI=1S/C15H17N3O/c1-10-6-7-14(11(2)17-10)15(19)18-13-5-3-4-12(8-13)9-16/h3-8H,9,16H2,1-2H3,(H,18,19). The molecule has 4 nitrogen and oxygen atoms in total. The SMILES string of the molecule is Cc1ccc(C(=O)Nc2cccc(CN)c2)c(C)n1. The summed E-state index contributed by atoms with van der Waals surface area (Å²) in [6.07, 6.45) is 0. The van der Waals surface area contributed by atoms with Crippen LogP contribution < -0.4 is 11.1 Å². The summed E-state index contributed by atoms with van der Waals surface area (Å²) in [5, 5.41) is 2.86. The van der Waals surface area contributed by atoms with E-state index in [1.807, 2.05) is 44.2 Å². The highest BCUT2D eigenvalue weighted by Gasteiger charge is 2.10. The Kier molecular flexibility index (Phi) is 3.92. The second-order valence-electron chi connectivity index (χ2n) is 4.44. The Hall–Kier alpha value is -2.20. The first kappa shape index (κ1) is 13.2. The number of hydrogen-bond donors (Lipinski definition) is 2. The van der Waals surface area contributed by atoms with Gasteiger partial charge in [0.1, 0.15) is 0 Å². The minimum Gasteiger partial charge on any atom is -0.326 e. The van der Waals surface area contributed by atoms with Gasteiger partial charge in [0, 0.05) is 17.9 Å². The predicted octanol–water partition coefficient (Wildman–Crippen LogP) is 2.41. The zero-order valence-electron chi connectivity index (χ0n) is 11.1. The highest BCUT2D eigenvalue weighted by molar-refractivity contribution is 6.05. The summed E-state index contributed by atoms with van der Waals surface area (Å²) < 4.78 is 0. The molecule has 4 heteroatoms. The number of aryl methyl sites for hydroxylation is 2. The van der Waals surface area contributed by atoms with Crippen LogP contribution in [0.3, 0.4) is 0 Å². The van der Waals surface area contributed by atoms with Gasteiger partial charge in [0.05, 0.1) is 11.3 Å². The molecule has 1 heterocycles. The summed E-state index contributed by atoms with van der Waals surface area (Å²) >= 11 is 0. The van der Waals surface area contributed by atoms with Gasteiger partial charge in [-0.05, 0) is 43.7 Å². The van der Waals surface area contributed by atoms with Gasteiger partial charge in [0.2, 0.25) is 0 Å². The van der Waals surface area contributed by atoms with E-state index in [1.165, 1.54) is 0 Å². The van der Waals surface area contributed by atoms with Crippen LogP contribution in [-0.2, 0) is 6.54 Å². The molecule has 2 rings (SSSR count). The van der Waals surface area contributed by atoms with Gasteiger partial charge in [0.15, 0.2) is 0 Å². The van der Waals surface area contributed by atoms with Gasteiger partial charge >= 0.3 is 0 Å². The van der Waals surface area contributed by atoms with Crippen LogP contribution in [0.1, 0.15) is 27.3 Å². The number of nitrogens with zero attached hydrogens (tertiary/aromatic N) is 1. The van der Waals surface area contributed by atoms with Crippen LogP contribution in [0, 0.1) is 13.8 Å². The molecule has 0 bridgehead atoms. The molecule has 1 amide bonds. The van der Waals surface area contributed by atoms with E-state index >= 15 is 0 Å². The van der Waals surface area contributed by atoms with Crippen molar-refractivity contribution < 1.29 is 4.79 Å². The van der Waals surface area contributed by atoms with E-state index in [0.29, 0.717) is 12.1 Å². The molecule has 0 aliphatic rings. The van der Waals surface area contributed by atoms with Crippen molar-refractivity contribution in [3.8, 4) is 0 Å². The van der Waals surface area contributed by atoms with Crippen molar-refractivity contribution >= 4 is 11.6 Å².